The van der Waals surface area contributed by atoms with Crippen LogP contribution in [-0.4, -0.2) is 40.1 Å². The topological polar surface area (TPSA) is 64.4 Å². The van der Waals surface area contributed by atoms with Gasteiger partial charge in [0.1, 0.15) is 6.61 Å². The second-order valence-corrected chi connectivity index (χ2v) is 6.62. The van der Waals surface area contributed by atoms with Crippen LogP contribution in [0, 0.1) is 0 Å². The molecule has 1 aliphatic rings. The molecule has 0 aliphatic carbocycles. The standard InChI is InChI=1S/C12H13ClN2O3S.ClH/c13-8-1-2-11-10(5-8)12(15-18-11)17-7-9-6-14-3-4-19(9)16;/h1-2,5,9,14H,3-4,6-7H2;1H/t9-,19?;/m0./s1. The van der Waals surface area contributed by atoms with Crippen LogP contribution in [0.25, 0.3) is 11.0 Å². The average molecular weight is 337 g/mol. The van der Waals surface area contributed by atoms with E-state index in [0.29, 0.717) is 35.4 Å². The van der Waals surface area contributed by atoms with Crippen LogP contribution in [-0.2, 0) is 10.8 Å². The molecule has 2 atom stereocenters. The molecule has 8 heteroatoms. The number of nitrogens with one attached hydrogen (secondary N) is 1. The maximum atomic E-state index is 11.8. The van der Waals surface area contributed by atoms with E-state index in [1.54, 1.807) is 18.2 Å². The van der Waals surface area contributed by atoms with Crippen molar-refractivity contribution in [3.63, 3.8) is 0 Å². The molecule has 1 unspecified atom stereocenters. The summed E-state index contributed by atoms with van der Waals surface area (Å²) in [5.74, 6) is 1.07. The molecule has 5 nitrogen and oxygen atoms in total. The lowest BCUT2D eigenvalue weighted by atomic mass is 10.2. The third-order valence-corrected chi connectivity index (χ3v) is 4.92. The third-order valence-electron chi connectivity index (χ3n) is 3.03. The molecule has 0 bridgehead atoms. The second-order valence-electron chi connectivity index (χ2n) is 4.35. The minimum Gasteiger partial charge on any atom is -0.474 e. The largest absolute Gasteiger partial charge is 0.474 e. The van der Waals surface area contributed by atoms with Crippen molar-refractivity contribution in [2.75, 3.05) is 25.4 Å². The highest BCUT2D eigenvalue weighted by Gasteiger charge is 2.22. The summed E-state index contributed by atoms with van der Waals surface area (Å²) in [5, 5.41) is 8.40. The molecule has 2 aromatic rings. The number of ether oxygens (including phenoxy) is 1. The highest BCUT2D eigenvalue weighted by molar-refractivity contribution is 7.85. The molecular weight excluding hydrogens is 323 g/mol. The maximum absolute atomic E-state index is 11.8. The number of hydrogen-bond donors (Lipinski definition) is 1. The number of nitrogens with zero attached hydrogens (tertiary/aromatic N) is 1. The van der Waals surface area contributed by atoms with Gasteiger partial charge in [0.25, 0.3) is 5.88 Å². The minimum atomic E-state index is -0.850. The predicted octanol–water partition coefficient (Wildman–Crippen LogP) is 2.00. The summed E-state index contributed by atoms with van der Waals surface area (Å²) in [5.41, 5.74) is 0.627. The minimum absolute atomic E-state index is 0. The highest BCUT2D eigenvalue weighted by Crippen LogP contribution is 2.27. The van der Waals surface area contributed by atoms with Crippen molar-refractivity contribution in [2.45, 2.75) is 5.25 Å². The van der Waals surface area contributed by atoms with Gasteiger partial charge in [-0.05, 0) is 23.4 Å². The first-order valence-electron chi connectivity index (χ1n) is 5.99. The van der Waals surface area contributed by atoms with Crippen LogP contribution < -0.4 is 10.1 Å². The summed E-state index contributed by atoms with van der Waals surface area (Å²) in [6, 6.07) is 5.23. The molecule has 0 radical (unpaired) electrons. The van der Waals surface area contributed by atoms with Crippen molar-refractivity contribution in [1.82, 2.24) is 10.5 Å². The molecule has 1 fully saturated rings. The Morgan fingerprint density at radius 3 is 3.20 bits per heavy atom. The van der Waals surface area contributed by atoms with Crippen molar-refractivity contribution >= 4 is 45.8 Å². The van der Waals surface area contributed by atoms with Crippen LogP contribution >= 0.6 is 24.0 Å². The van der Waals surface area contributed by atoms with Crippen molar-refractivity contribution in [1.29, 1.82) is 0 Å². The van der Waals surface area contributed by atoms with E-state index >= 15 is 0 Å². The Kier molecular flexibility index (Phi) is 5.26. The van der Waals surface area contributed by atoms with Crippen LogP contribution in [0.1, 0.15) is 0 Å². The fourth-order valence-electron chi connectivity index (χ4n) is 1.99. The van der Waals surface area contributed by atoms with Gasteiger partial charge in [0.2, 0.25) is 0 Å². The second kappa shape index (κ2) is 6.76. The van der Waals surface area contributed by atoms with Crippen molar-refractivity contribution in [3.05, 3.63) is 23.2 Å². The Balaban J connectivity index is 0.00000147. The number of fused-ring (bicyclic) bond motifs is 1. The predicted molar refractivity (Wildman–Crippen MR) is 81.4 cm³/mol. The Labute approximate surface area is 129 Å². The Hall–Kier alpha value is -0.820. The molecule has 1 aromatic heterocycles. The van der Waals surface area contributed by atoms with E-state index in [9.17, 15) is 4.21 Å². The molecule has 1 aromatic carbocycles. The quantitative estimate of drug-likeness (QED) is 0.928. The van der Waals surface area contributed by atoms with Crippen molar-refractivity contribution < 1.29 is 13.5 Å². The first-order chi connectivity index (χ1) is 9.24. The van der Waals surface area contributed by atoms with E-state index in [-0.39, 0.29) is 17.7 Å². The zero-order chi connectivity index (χ0) is 13.2. The molecule has 2 heterocycles. The van der Waals surface area contributed by atoms with Gasteiger partial charge in [0.15, 0.2) is 5.58 Å². The molecule has 0 saturated carbocycles. The SMILES string of the molecule is Cl.O=S1CCNC[C@H]1COc1noc2ccc(Cl)cc12. The van der Waals surface area contributed by atoms with Crippen LogP contribution in [0.4, 0.5) is 0 Å². The van der Waals surface area contributed by atoms with Crippen LogP contribution in [0.5, 0.6) is 5.88 Å². The molecule has 0 spiro atoms. The van der Waals surface area contributed by atoms with E-state index < -0.39 is 10.8 Å². The van der Waals surface area contributed by atoms with Crippen LogP contribution in [0.15, 0.2) is 22.7 Å². The number of aromatic nitrogens is 1. The molecule has 1 N–H and O–H groups in total. The first kappa shape index (κ1) is 15.6. The van der Waals surface area contributed by atoms with Gasteiger partial charge in [0.05, 0.1) is 10.6 Å². The van der Waals surface area contributed by atoms with E-state index in [1.807, 2.05) is 0 Å². The molecule has 1 saturated heterocycles. The molecule has 110 valence electrons. The summed E-state index contributed by atoms with van der Waals surface area (Å²) >= 11 is 5.94. The van der Waals surface area contributed by atoms with Crippen LogP contribution in [0.3, 0.4) is 0 Å². The lowest BCUT2D eigenvalue weighted by Crippen LogP contribution is -2.43. The number of rotatable bonds is 3. The van der Waals surface area contributed by atoms with Gasteiger partial charge in [-0.2, -0.15) is 0 Å². The number of halogens is 2. The zero-order valence-electron chi connectivity index (χ0n) is 10.5. The fraction of sp³-hybridized carbons (Fsp3) is 0.417. The van der Waals surface area contributed by atoms with E-state index in [4.69, 9.17) is 20.9 Å². The normalized spacial score (nSPS) is 22.4. The summed E-state index contributed by atoms with van der Waals surface area (Å²) in [6.07, 6.45) is 0. The first-order valence-corrected chi connectivity index (χ1v) is 7.75. The molecule has 0 amide bonds. The monoisotopic (exact) mass is 336 g/mol. The van der Waals surface area contributed by atoms with Gasteiger partial charge in [-0.1, -0.05) is 11.6 Å². The third kappa shape index (κ3) is 3.25. The summed E-state index contributed by atoms with van der Waals surface area (Å²) in [6.45, 7) is 1.85. The van der Waals surface area contributed by atoms with E-state index in [2.05, 4.69) is 10.5 Å². The summed E-state index contributed by atoms with van der Waals surface area (Å²) in [4.78, 5) is 0. The van der Waals surface area contributed by atoms with E-state index in [0.717, 1.165) is 11.9 Å². The van der Waals surface area contributed by atoms with Crippen molar-refractivity contribution in [3.8, 4) is 5.88 Å². The lowest BCUT2D eigenvalue weighted by molar-refractivity contribution is 0.279. The van der Waals surface area contributed by atoms with Gasteiger partial charge >= 0.3 is 0 Å². The van der Waals surface area contributed by atoms with Crippen molar-refractivity contribution in [2.24, 2.45) is 0 Å². The number of hydrogen-bond acceptors (Lipinski definition) is 5. The van der Waals surface area contributed by atoms with Crippen LogP contribution in [0.2, 0.25) is 5.02 Å². The van der Waals surface area contributed by atoms with Gasteiger partial charge in [-0.15, -0.1) is 12.4 Å². The molecule has 20 heavy (non-hydrogen) atoms. The average Bonchev–Trinajstić information content (AvgIpc) is 2.80. The number of benzene rings is 1. The maximum Gasteiger partial charge on any atom is 0.262 e. The lowest BCUT2D eigenvalue weighted by Gasteiger charge is -2.21. The van der Waals surface area contributed by atoms with Gasteiger partial charge in [0, 0.05) is 34.7 Å². The molecular formula is C12H14Cl2N2O3S. The van der Waals surface area contributed by atoms with Gasteiger partial charge < -0.3 is 14.6 Å². The Bertz CT molecular complexity index is 620. The van der Waals surface area contributed by atoms with E-state index in [1.165, 1.54) is 0 Å². The smallest absolute Gasteiger partial charge is 0.262 e. The Morgan fingerprint density at radius 2 is 2.40 bits per heavy atom. The van der Waals surface area contributed by atoms with Gasteiger partial charge in [-0.25, -0.2) is 0 Å². The summed E-state index contributed by atoms with van der Waals surface area (Å²) in [7, 11) is -0.850. The summed E-state index contributed by atoms with van der Waals surface area (Å²) < 4.78 is 22.6. The zero-order valence-corrected chi connectivity index (χ0v) is 12.9. The van der Waals surface area contributed by atoms with Gasteiger partial charge in [-0.3, -0.25) is 4.21 Å². The molecule has 3 rings (SSSR count). The molecule has 1 aliphatic heterocycles. The highest BCUT2D eigenvalue weighted by atomic mass is 35.5. The Morgan fingerprint density at radius 1 is 1.55 bits per heavy atom. The fourth-order valence-corrected chi connectivity index (χ4v) is 3.37.